The van der Waals surface area contributed by atoms with Crippen molar-refractivity contribution in [2.24, 2.45) is 0 Å². The first-order valence-corrected chi connectivity index (χ1v) is 12.6. The highest BCUT2D eigenvalue weighted by Gasteiger charge is 2.34. The Morgan fingerprint density at radius 1 is 1.00 bits per heavy atom. The second kappa shape index (κ2) is 10.8. The van der Waals surface area contributed by atoms with Crippen LogP contribution in [0.25, 0.3) is 0 Å². The number of hydrogen-bond donors (Lipinski definition) is 1. The largest absolute Gasteiger partial charge is 0.351 e. The lowest BCUT2D eigenvalue weighted by Crippen LogP contribution is -2.46. The van der Waals surface area contributed by atoms with E-state index in [1.807, 2.05) is 48.7 Å². The zero-order valence-electron chi connectivity index (χ0n) is 19.6. The zero-order valence-corrected chi connectivity index (χ0v) is 20.4. The van der Waals surface area contributed by atoms with Crippen LogP contribution >= 0.6 is 11.3 Å². The van der Waals surface area contributed by atoms with E-state index in [9.17, 15) is 14.4 Å². The van der Waals surface area contributed by atoms with Gasteiger partial charge in [-0.1, -0.05) is 48.7 Å². The molecule has 0 spiro atoms. The first-order valence-electron chi connectivity index (χ1n) is 11.7. The number of carbonyl (C=O) groups is 3. The van der Waals surface area contributed by atoms with Crippen LogP contribution in [0, 0.1) is 6.92 Å². The Kier molecular flexibility index (Phi) is 7.58. The summed E-state index contributed by atoms with van der Waals surface area (Å²) < 4.78 is 0. The minimum atomic E-state index is -0.808. The number of rotatable bonds is 8. The molecule has 1 heterocycles. The number of ketones is 1. The van der Waals surface area contributed by atoms with E-state index < -0.39 is 6.04 Å². The smallest absolute Gasteiger partial charge is 0.248 e. The summed E-state index contributed by atoms with van der Waals surface area (Å²) >= 11 is 1.52. The molecule has 0 aliphatic heterocycles. The molecule has 1 aromatic heterocycles. The van der Waals surface area contributed by atoms with Gasteiger partial charge in [-0.25, -0.2) is 0 Å². The molecule has 6 heteroatoms. The summed E-state index contributed by atoms with van der Waals surface area (Å²) in [6, 6.07) is 17.9. The molecular weight excluding hydrogens is 444 g/mol. The number of nitrogens with zero attached hydrogens (tertiary/aromatic N) is 1. The predicted octanol–water partition coefficient (Wildman–Crippen LogP) is 5.63. The fraction of sp³-hybridized carbons (Fsp3) is 0.321. The van der Waals surface area contributed by atoms with E-state index in [1.54, 1.807) is 29.2 Å². The standard InChI is InChI=1S/C28H30N2O3S/c1-19-9-11-22(12-10-19)27(28(33)29-23-6-3-4-7-23)30(26(32)18-25-8-5-17-34-25)24-15-13-21(14-16-24)20(2)31/h5,8-17,23,27H,3-4,6-7,18H2,1-2H3,(H,29,33)/t27-/m1/s1. The highest BCUT2D eigenvalue weighted by atomic mass is 32.1. The third-order valence-electron chi connectivity index (χ3n) is 6.33. The molecule has 1 aliphatic carbocycles. The number of Topliss-reactive ketones (excluding diaryl/α,β-unsaturated/α-hetero) is 1. The first kappa shape index (κ1) is 23.9. The van der Waals surface area contributed by atoms with Crippen molar-refractivity contribution >= 4 is 34.6 Å². The van der Waals surface area contributed by atoms with Crippen LogP contribution in [0.3, 0.4) is 0 Å². The summed E-state index contributed by atoms with van der Waals surface area (Å²) in [4.78, 5) is 41.8. The number of anilines is 1. The van der Waals surface area contributed by atoms with Crippen molar-refractivity contribution in [2.75, 3.05) is 4.90 Å². The molecule has 0 unspecified atom stereocenters. The lowest BCUT2D eigenvalue weighted by Gasteiger charge is -2.32. The van der Waals surface area contributed by atoms with Crippen molar-refractivity contribution in [1.82, 2.24) is 5.32 Å². The van der Waals surface area contributed by atoms with E-state index in [-0.39, 0.29) is 30.1 Å². The SMILES string of the molecule is CC(=O)c1ccc(N(C(=O)Cc2cccs2)[C@@H](C(=O)NC2CCCC2)c2ccc(C)cc2)cc1. The van der Waals surface area contributed by atoms with Gasteiger partial charge in [0.15, 0.2) is 5.78 Å². The van der Waals surface area contributed by atoms with Crippen LogP contribution in [0.5, 0.6) is 0 Å². The van der Waals surface area contributed by atoms with Gasteiger partial charge in [-0.3, -0.25) is 19.3 Å². The molecule has 4 rings (SSSR count). The molecule has 1 aliphatic rings. The maximum Gasteiger partial charge on any atom is 0.248 e. The van der Waals surface area contributed by atoms with Gasteiger partial charge in [0.1, 0.15) is 6.04 Å². The number of thiophene rings is 1. The van der Waals surface area contributed by atoms with Crippen molar-refractivity contribution < 1.29 is 14.4 Å². The lowest BCUT2D eigenvalue weighted by molar-refractivity contribution is -0.127. The van der Waals surface area contributed by atoms with Gasteiger partial charge in [0, 0.05) is 22.2 Å². The van der Waals surface area contributed by atoms with E-state index in [1.165, 1.54) is 18.3 Å². The second-order valence-electron chi connectivity index (χ2n) is 8.93. The fourth-order valence-corrected chi connectivity index (χ4v) is 5.15. The summed E-state index contributed by atoms with van der Waals surface area (Å²) in [6.45, 7) is 3.51. The van der Waals surface area contributed by atoms with Crippen molar-refractivity contribution in [2.45, 2.75) is 58.0 Å². The Morgan fingerprint density at radius 3 is 2.26 bits per heavy atom. The number of carbonyl (C=O) groups excluding carboxylic acids is 3. The van der Waals surface area contributed by atoms with Gasteiger partial charge in [-0.2, -0.15) is 0 Å². The molecule has 1 atom stereocenters. The van der Waals surface area contributed by atoms with Gasteiger partial charge < -0.3 is 5.32 Å². The second-order valence-corrected chi connectivity index (χ2v) is 9.96. The van der Waals surface area contributed by atoms with Crippen molar-refractivity contribution in [3.63, 3.8) is 0 Å². The average molecular weight is 475 g/mol. The zero-order chi connectivity index (χ0) is 24.1. The van der Waals surface area contributed by atoms with Gasteiger partial charge in [0.25, 0.3) is 0 Å². The average Bonchev–Trinajstić information content (AvgIpc) is 3.52. The topological polar surface area (TPSA) is 66.5 Å². The summed E-state index contributed by atoms with van der Waals surface area (Å²) in [6.07, 6.45) is 4.33. The highest BCUT2D eigenvalue weighted by Crippen LogP contribution is 2.31. The maximum atomic E-state index is 13.7. The molecular formula is C28H30N2O3S. The molecule has 0 bridgehead atoms. The third-order valence-corrected chi connectivity index (χ3v) is 7.20. The van der Waals surface area contributed by atoms with Crippen LogP contribution in [-0.2, 0) is 16.0 Å². The molecule has 3 aromatic rings. The molecule has 176 valence electrons. The lowest BCUT2D eigenvalue weighted by atomic mass is 10.00. The summed E-state index contributed by atoms with van der Waals surface area (Å²) in [5.41, 5.74) is 3.01. The molecule has 0 radical (unpaired) electrons. The maximum absolute atomic E-state index is 13.7. The predicted molar refractivity (Wildman–Crippen MR) is 136 cm³/mol. The van der Waals surface area contributed by atoms with Crippen LogP contribution in [0.1, 0.15) is 65.0 Å². The van der Waals surface area contributed by atoms with E-state index >= 15 is 0 Å². The molecule has 34 heavy (non-hydrogen) atoms. The van der Waals surface area contributed by atoms with Crippen molar-refractivity contribution in [1.29, 1.82) is 0 Å². The molecule has 0 saturated heterocycles. The Morgan fingerprint density at radius 2 is 1.68 bits per heavy atom. The van der Waals surface area contributed by atoms with Gasteiger partial charge in [0.2, 0.25) is 11.8 Å². The Bertz CT molecular complexity index is 1130. The summed E-state index contributed by atoms with van der Waals surface area (Å²) in [5.74, 6) is -0.381. The van der Waals surface area contributed by atoms with E-state index in [0.717, 1.165) is 41.7 Å². The van der Waals surface area contributed by atoms with Gasteiger partial charge in [0.05, 0.1) is 6.42 Å². The van der Waals surface area contributed by atoms with Crippen LogP contribution < -0.4 is 10.2 Å². The van der Waals surface area contributed by atoms with Gasteiger partial charge in [-0.05, 0) is 68.0 Å². The molecule has 1 N–H and O–H groups in total. The summed E-state index contributed by atoms with van der Waals surface area (Å²) in [5, 5.41) is 5.14. The first-order chi connectivity index (χ1) is 16.4. The number of hydrogen-bond acceptors (Lipinski definition) is 4. The highest BCUT2D eigenvalue weighted by molar-refractivity contribution is 7.10. The van der Waals surface area contributed by atoms with E-state index in [4.69, 9.17) is 0 Å². The third kappa shape index (κ3) is 5.62. The van der Waals surface area contributed by atoms with Crippen LogP contribution in [0.15, 0.2) is 66.0 Å². The molecule has 2 aromatic carbocycles. The molecule has 1 fully saturated rings. The number of nitrogens with one attached hydrogen (secondary N) is 1. The number of aryl methyl sites for hydroxylation is 1. The number of amides is 2. The number of benzene rings is 2. The minimum Gasteiger partial charge on any atom is -0.351 e. The molecule has 5 nitrogen and oxygen atoms in total. The quantitative estimate of drug-likeness (QED) is 0.430. The van der Waals surface area contributed by atoms with Crippen LogP contribution in [-0.4, -0.2) is 23.6 Å². The molecule has 2 amide bonds. The Labute approximate surface area is 204 Å². The van der Waals surface area contributed by atoms with Crippen molar-refractivity contribution in [3.05, 3.63) is 87.6 Å². The van der Waals surface area contributed by atoms with Gasteiger partial charge in [-0.15, -0.1) is 11.3 Å². The minimum absolute atomic E-state index is 0.0444. The van der Waals surface area contributed by atoms with E-state index in [2.05, 4.69) is 5.32 Å². The molecule has 1 saturated carbocycles. The van der Waals surface area contributed by atoms with Crippen LogP contribution in [0.2, 0.25) is 0 Å². The Hall–Kier alpha value is -3.25. The fourth-order valence-electron chi connectivity index (χ4n) is 4.46. The summed E-state index contributed by atoms with van der Waals surface area (Å²) in [7, 11) is 0. The van der Waals surface area contributed by atoms with Crippen LogP contribution in [0.4, 0.5) is 5.69 Å². The van der Waals surface area contributed by atoms with Crippen molar-refractivity contribution in [3.8, 4) is 0 Å². The van der Waals surface area contributed by atoms with E-state index in [0.29, 0.717) is 11.3 Å². The van der Waals surface area contributed by atoms with Gasteiger partial charge >= 0.3 is 0 Å². The Balaban J connectivity index is 1.76. The normalized spacial score (nSPS) is 14.5. The monoisotopic (exact) mass is 474 g/mol.